The van der Waals surface area contributed by atoms with Crippen LogP contribution in [-0.4, -0.2) is 5.11 Å². The Balaban J connectivity index is 2.39. The minimum Gasteiger partial charge on any atom is -0.385 e. The summed E-state index contributed by atoms with van der Waals surface area (Å²) in [6, 6.07) is 8.17. The van der Waals surface area contributed by atoms with Crippen molar-refractivity contribution in [3.63, 3.8) is 0 Å². The van der Waals surface area contributed by atoms with E-state index in [9.17, 15) is 5.11 Å². The molecule has 0 heterocycles. The van der Waals surface area contributed by atoms with Crippen LogP contribution in [0.5, 0.6) is 0 Å². The molecule has 1 aliphatic rings. The monoisotopic (exact) mass is 176 g/mol. The van der Waals surface area contributed by atoms with E-state index in [0.717, 1.165) is 31.2 Å². The molecule has 0 aliphatic heterocycles. The molecule has 13 heavy (non-hydrogen) atoms. The van der Waals surface area contributed by atoms with E-state index in [0.29, 0.717) is 0 Å². The third kappa shape index (κ3) is 1.49. The smallest absolute Gasteiger partial charge is 0.0899 e. The van der Waals surface area contributed by atoms with Gasteiger partial charge in [-0.3, -0.25) is 0 Å². The van der Waals surface area contributed by atoms with Crippen LogP contribution < -0.4 is 0 Å². The first-order valence-corrected chi connectivity index (χ1v) is 5.01. The van der Waals surface area contributed by atoms with E-state index in [1.54, 1.807) is 0 Å². The second kappa shape index (κ2) is 3.15. The highest BCUT2D eigenvalue weighted by molar-refractivity contribution is 5.31. The van der Waals surface area contributed by atoms with E-state index >= 15 is 0 Å². The highest BCUT2D eigenvalue weighted by Gasteiger charge is 2.33. The Morgan fingerprint density at radius 1 is 1.15 bits per heavy atom. The van der Waals surface area contributed by atoms with Gasteiger partial charge < -0.3 is 5.11 Å². The first-order valence-electron chi connectivity index (χ1n) is 5.01. The molecule has 1 aliphatic carbocycles. The average Bonchev–Trinajstić information content (AvgIpc) is 2.54. The molecule has 1 nitrogen and oxygen atoms in total. The van der Waals surface area contributed by atoms with Crippen molar-refractivity contribution in [3.8, 4) is 0 Å². The van der Waals surface area contributed by atoms with E-state index in [2.05, 4.69) is 19.1 Å². The van der Waals surface area contributed by atoms with Crippen LogP contribution in [-0.2, 0) is 5.60 Å². The lowest BCUT2D eigenvalue weighted by Gasteiger charge is -2.24. The third-order valence-electron chi connectivity index (χ3n) is 3.08. The summed E-state index contributed by atoms with van der Waals surface area (Å²) in [6.07, 6.45) is 4.17. The summed E-state index contributed by atoms with van der Waals surface area (Å²) in [4.78, 5) is 0. The van der Waals surface area contributed by atoms with Crippen LogP contribution >= 0.6 is 0 Å². The Morgan fingerprint density at radius 2 is 1.77 bits per heavy atom. The highest BCUT2D eigenvalue weighted by Crippen LogP contribution is 2.39. The van der Waals surface area contributed by atoms with Gasteiger partial charge in [-0.05, 0) is 30.9 Å². The van der Waals surface area contributed by atoms with Gasteiger partial charge >= 0.3 is 0 Å². The van der Waals surface area contributed by atoms with Crippen molar-refractivity contribution in [2.24, 2.45) is 0 Å². The maximum atomic E-state index is 10.3. The van der Waals surface area contributed by atoms with Crippen LogP contribution in [0.4, 0.5) is 0 Å². The third-order valence-corrected chi connectivity index (χ3v) is 3.08. The van der Waals surface area contributed by atoms with Crippen molar-refractivity contribution >= 4 is 0 Å². The second-order valence-corrected chi connectivity index (χ2v) is 4.05. The number of aliphatic hydroxyl groups is 1. The molecule has 0 radical (unpaired) electrons. The summed E-state index contributed by atoms with van der Waals surface area (Å²) in [6.45, 7) is 2.08. The molecule has 1 saturated carbocycles. The lowest BCUT2D eigenvalue weighted by atomic mass is 9.89. The predicted molar refractivity (Wildman–Crippen MR) is 53.5 cm³/mol. The molecule has 0 atom stereocenters. The van der Waals surface area contributed by atoms with Gasteiger partial charge in [-0.1, -0.05) is 37.1 Å². The molecule has 0 saturated heterocycles. The maximum Gasteiger partial charge on any atom is 0.0899 e. The van der Waals surface area contributed by atoms with Gasteiger partial charge in [0.1, 0.15) is 0 Å². The molecule has 0 aromatic heterocycles. The number of rotatable bonds is 1. The fourth-order valence-electron chi connectivity index (χ4n) is 2.32. The molecule has 0 bridgehead atoms. The summed E-state index contributed by atoms with van der Waals surface area (Å²) < 4.78 is 0. The van der Waals surface area contributed by atoms with Gasteiger partial charge in [0.25, 0.3) is 0 Å². The van der Waals surface area contributed by atoms with Gasteiger partial charge in [0.2, 0.25) is 0 Å². The molecule has 70 valence electrons. The van der Waals surface area contributed by atoms with E-state index in [1.807, 2.05) is 12.1 Å². The van der Waals surface area contributed by atoms with Gasteiger partial charge in [-0.25, -0.2) is 0 Å². The minimum absolute atomic E-state index is 0.522. The summed E-state index contributed by atoms with van der Waals surface area (Å²) >= 11 is 0. The van der Waals surface area contributed by atoms with Gasteiger partial charge in [0, 0.05) is 0 Å². The van der Waals surface area contributed by atoms with Crippen molar-refractivity contribution in [2.45, 2.75) is 38.2 Å². The lowest BCUT2D eigenvalue weighted by molar-refractivity contribution is 0.0438. The fourth-order valence-corrected chi connectivity index (χ4v) is 2.32. The summed E-state index contributed by atoms with van der Waals surface area (Å²) in [5.41, 5.74) is 1.82. The van der Waals surface area contributed by atoms with Crippen LogP contribution in [0.25, 0.3) is 0 Å². The molecular formula is C12H16O. The average molecular weight is 176 g/mol. The largest absolute Gasteiger partial charge is 0.385 e. The van der Waals surface area contributed by atoms with Crippen molar-refractivity contribution < 1.29 is 5.11 Å². The van der Waals surface area contributed by atoms with Crippen LogP contribution in [0.2, 0.25) is 0 Å². The SMILES string of the molecule is Cc1ccccc1C1(O)CCCC1. The Hall–Kier alpha value is -0.820. The van der Waals surface area contributed by atoms with Crippen molar-refractivity contribution in [3.05, 3.63) is 35.4 Å². The Kier molecular flexibility index (Phi) is 2.12. The first kappa shape index (κ1) is 8.76. The first-order chi connectivity index (χ1) is 6.22. The molecule has 1 fully saturated rings. The van der Waals surface area contributed by atoms with Crippen molar-refractivity contribution in [1.82, 2.24) is 0 Å². The van der Waals surface area contributed by atoms with Crippen molar-refractivity contribution in [1.29, 1.82) is 0 Å². The zero-order chi connectivity index (χ0) is 9.31. The van der Waals surface area contributed by atoms with Crippen LogP contribution in [0.1, 0.15) is 36.8 Å². The zero-order valence-electron chi connectivity index (χ0n) is 8.09. The quantitative estimate of drug-likeness (QED) is 0.697. The van der Waals surface area contributed by atoms with E-state index in [-0.39, 0.29) is 0 Å². The Bertz CT molecular complexity index is 298. The van der Waals surface area contributed by atoms with Gasteiger partial charge in [-0.15, -0.1) is 0 Å². The highest BCUT2D eigenvalue weighted by atomic mass is 16.3. The Morgan fingerprint density at radius 3 is 2.38 bits per heavy atom. The molecular weight excluding hydrogens is 160 g/mol. The number of benzene rings is 1. The van der Waals surface area contributed by atoms with Crippen LogP contribution in [0.3, 0.4) is 0 Å². The lowest BCUT2D eigenvalue weighted by Crippen LogP contribution is -2.21. The van der Waals surface area contributed by atoms with E-state index in [4.69, 9.17) is 0 Å². The maximum absolute atomic E-state index is 10.3. The van der Waals surface area contributed by atoms with Crippen LogP contribution in [0, 0.1) is 6.92 Å². The molecule has 1 aromatic rings. The second-order valence-electron chi connectivity index (χ2n) is 4.05. The standard InChI is InChI=1S/C12H16O/c1-10-6-2-3-7-11(10)12(13)8-4-5-9-12/h2-3,6-7,13H,4-5,8-9H2,1H3. The van der Waals surface area contributed by atoms with E-state index < -0.39 is 5.60 Å². The minimum atomic E-state index is -0.522. The van der Waals surface area contributed by atoms with Crippen molar-refractivity contribution in [2.75, 3.05) is 0 Å². The molecule has 1 aromatic carbocycles. The number of hydrogen-bond donors (Lipinski definition) is 1. The van der Waals surface area contributed by atoms with Crippen LogP contribution in [0.15, 0.2) is 24.3 Å². The fraction of sp³-hybridized carbons (Fsp3) is 0.500. The van der Waals surface area contributed by atoms with Gasteiger partial charge in [0.15, 0.2) is 0 Å². The molecule has 2 rings (SSSR count). The number of aryl methyl sites for hydroxylation is 1. The normalized spacial score (nSPS) is 20.5. The van der Waals surface area contributed by atoms with Gasteiger partial charge in [-0.2, -0.15) is 0 Å². The predicted octanol–water partition coefficient (Wildman–Crippen LogP) is 2.76. The number of hydrogen-bond acceptors (Lipinski definition) is 1. The summed E-state index contributed by atoms with van der Waals surface area (Å²) in [5.74, 6) is 0. The topological polar surface area (TPSA) is 20.2 Å². The molecule has 1 heteroatoms. The molecule has 0 amide bonds. The molecule has 0 spiro atoms. The Labute approximate surface area is 79.4 Å². The van der Waals surface area contributed by atoms with Gasteiger partial charge in [0.05, 0.1) is 5.60 Å². The summed E-state index contributed by atoms with van der Waals surface area (Å²) in [5, 5.41) is 10.3. The molecule has 0 unspecified atom stereocenters. The zero-order valence-corrected chi connectivity index (χ0v) is 8.09. The van der Waals surface area contributed by atoms with E-state index in [1.165, 1.54) is 5.56 Å². The summed E-state index contributed by atoms with van der Waals surface area (Å²) in [7, 11) is 0. The molecule has 1 N–H and O–H groups in total.